The number of aromatic nitrogens is 1. The summed E-state index contributed by atoms with van der Waals surface area (Å²) in [6.07, 6.45) is -0.989. The van der Waals surface area contributed by atoms with Gasteiger partial charge in [0.25, 0.3) is 12.4 Å². The monoisotopic (exact) mass is 437 g/mol. The highest BCUT2D eigenvalue weighted by Crippen LogP contribution is 2.56. The summed E-state index contributed by atoms with van der Waals surface area (Å²) in [5, 5.41) is 0.519. The first-order valence-electron chi connectivity index (χ1n) is 9.63. The first-order valence-corrected chi connectivity index (χ1v) is 10.0. The fraction of sp³-hybridized carbons (Fsp3) is 0.429. The molecular formula is C21H19ClF3N3O2. The molecule has 1 aromatic heterocycles. The van der Waals surface area contributed by atoms with Gasteiger partial charge < -0.3 is 15.2 Å². The topological polar surface area (TPSA) is 69.7 Å². The van der Waals surface area contributed by atoms with Crippen LogP contribution in [0.15, 0.2) is 41.5 Å². The molecule has 3 aliphatic rings. The molecule has 158 valence electrons. The van der Waals surface area contributed by atoms with Crippen molar-refractivity contribution >= 4 is 17.6 Å². The van der Waals surface area contributed by atoms with E-state index in [0.717, 1.165) is 5.69 Å². The third kappa shape index (κ3) is 2.96. The Labute approximate surface area is 176 Å². The van der Waals surface area contributed by atoms with Crippen LogP contribution < -0.4 is 5.73 Å². The van der Waals surface area contributed by atoms with Gasteiger partial charge in [-0.15, -0.1) is 0 Å². The van der Waals surface area contributed by atoms with Gasteiger partial charge >= 0.3 is 0 Å². The number of hydrogen-bond acceptors (Lipinski definition) is 5. The number of hydrogen-bond donors (Lipinski definition) is 1. The van der Waals surface area contributed by atoms with Gasteiger partial charge in [0.15, 0.2) is 5.54 Å². The van der Waals surface area contributed by atoms with Crippen LogP contribution in [0.3, 0.4) is 0 Å². The second-order valence-corrected chi connectivity index (χ2v) is 8.64. The van der Waals surface area contributed by atoms with Crippen LogP contribution in [0.5, 0.6) is 0 Å². The number of nitrogens with zero attached hydrogens (tertiary/aromatic N) is 2. The maximum absolute atomic E-state index is 14.8. The van der Waals surface area contributed by atoms with Crippen molar-refractivity contribution in [3.8, 4) is 0 Å². The van der Waals surface area contributed by atoms with E-state index in [0.29, 0.717) is 36.6 Å². The molecule has 2 aromatic rings. The van der Waals surface area contributed by atoms with E-state index < -0.39 is 35.2 Å². The normalized spacial score (nSPS) is 28.9. The van der Waals surface area contributed by atoms with Gasteiger partial charge in [0.1, 0.15) is 11.9 Å². The molecule has 2 N–H and O–H groups in total. The van der Waals surface area contributed by atoms with Crippen LogP contribution in [-0.2, 0) is 26.8 Å². The van der Waals surface area contributed by atoms with Crippen molar-refractivity contribution in [3.05, 3.63) is 64.2 Å². The SMILES string of the molecule is NC1=N[C@@](c2cc(CC3(c4ccc(Cl)cn4)COC3)ccc2F)(C(F)F)[C@H]2C[C@H]2O1. The minimum Gasteiger partial charge on any atom is -0.462 e. The zero-order valence-electron chi connectivity index (χ0n) is 15.8. The Kier molecular flexibility index (Phi) is 4.48. The third-order valence-corrected chi connectivity index (χ3v) is 6.45. The van der Waals surface area contributed by atoms with Crippen LogP contribution in [0.2, 0.25) is 5.02 Å². The van der Waals surface area contributed by atoms with E-state index >= 15 is 0 Å². The first-order chi connectivity index (χ1) is 14.3. The number of halogens is 4. The predicted octanol–water partition coefficient (Wildman–Crippen LogP) is 3.58. The van der Waals surface area contributed by atoms with Crippen molar-refractivity contribution in [2.75, 3.05) is 13.2 Å². The van der Waals surface area contributed by atoms with Gasteiger partial charge in [-0.2, -0.15) is 0 Å². The first kappa shape index (κ1) is 19.6. The maximum Gasteiger partial charge on any atom is 0.283 e. The molecule has 2 fully saturated rings. The van der Waals surface area contributed by atoms with Gasteiger partial charge in [0.2, 0.25) is 0 Å². The maximum atomic E-state index is 14.8. The zero-order chi connectivity index (χ0) is 21.1. The standard InChI is InChI=1S/C21H19ClF3N3O2/c22-12-2-4-17(27-8-12)20(9-29-10-20)7-11-1-3-15(23)13(5-11)21(18(24)25)14-6-16(14)30-19(26)28-21/h1-5,8,14,16,18H,6-7,9-10H2,(H2,26,28)/t14-,16+,21+/m0/s1. The molecule has 2 aliphatic heterocycles. The Morgan fingerprint density at radius 1 is 1.23 bits per heavy atom. The highest BCUT2D eigenvalue weighted by Gasteiger charge is 2.64. The van der Waals surface area contributed by atoms with E-state index in [9.17, 15) is 13.2 Å². The van der Waals surface area contributed by atoms with E-state index in [2.05, 4.69) is 9.98 Å². The summed E-state index contributed by atoms with van der Waals surface area (Å²) in [7, 11) is 0. The lowest BCUT2D eigenvalue weighted by Gasteiger charge is -2.41. The van der Waals surface area contributed by atoms with E-state index in [1.165, 1.54) is 12.1 Å². The summed E-state index contributed by atoms with van der Waals surface area (Å²) in [5.74, 6) is -1.33. The highest BCUT2D eigenvalue weighted by molar-refractivity contribution is 6.30. The van der Waals surface area contributed by atoms with Crippen molar-refractivity contribution < 1.29 is 22.6 Å². The molecule has 3 atom stereocenters. The number of rotatable bonds is 5. The molecule has 0 spiro atoms. The van der Waals surface area contributed by atoms with Gasteiger partial charge in [-0.25, -0.2) is 18.2 Å². The second-order valence-electron chi connectivity index (χ2n) is 8.20. The minimum absolute atomic E-state index is 0.145. The molecule has 30 heavy (non-hydrogen) atoms. The van der Waals surface area contributed by atoms with E-state index in [4.69, 9.17) is 26.8 Å². The van der Waals surface area contributed by atoms with E-state index in [-0.39, 0.29) is 11.6 Å². The number of fused-ring (bicyclic) bond motifs is 1. The molecule has 5 rings (SSSR count). The van der Waals surface area contributed by atoms with Gasteiger partial charge in [0.05, 0.1) is 29.3 Å². The Balaban J connectivity index is 1.54. The third-order valence-electron chi connectivity index (χ3n) is 6.23. The van der Waals surface area contributed by atoms with Crippen LogP contribution in [-0.4, -0.2) is 36.7 Å². The fourth-order valence-corrected chi connectivity index (χ4v) is 4.67. The molecule has 0 radical (unpaired) electrons. The molecule has 3 heterocycles. The highest BCUT2D eigenvalue weighted by atomic mass is 35.5. The van der Waals surface area contributed by atoms with E-state index in [1.807, 2.05) is 6.07 Å². The molecule has 9 heteroatoms. The summed E-state index contributed by atoms with van der Waals surface area (Å²) in [6, 6.07) is 7.55. The lowest BCUT2D eigenvalue weighted by Crippen LogP contribution is -2.49. The molecule has 1 aliphatic carbocycles. The Hall–Kier alpha value is -2.32. The van der Waals surface area contributed by atoms with Crippen molar-refractivity contribution in [2.24, 2.45) is 16.6 Å². The summed E-state index contributed by atoms with van der Waals surface area (Å²) in [4.78, 5) is 8.35. The summed E-state index contributed by atoms with van der Waals surface area (Å²) in [6.45, 7) is 0.857. The number of benzene rings is 1. The average Bonchev–Trinajstić information content (AvgIpc) is 3.45. The lowest BCUT2D eigenvalue weighted by molar-refractivity contribution is -0.0621. The van der Waals surface area contributed by atoms with Crippen LogP contribution in [0.1, 0.15) is 23.2 Å². The predicted molar refractivity (Wildman–Crippen MR) is 104 cm³/mol. The summed E-state index contributed by atoms with van der Waals surface area (Å²) >= 11 is 5.94. The lowest BCUT2D eigenvalue weighted by atomic mass is 9.75. The van der Waals surface area contributed by atoms with Crippen molar-refractivity contribution in [1.82, 2.24) is 4.98 Å². The van der Waals surface area contributed by atoms with Crippen molar-refractivity contribution in [2.45, 2.75) is 36.3 Å². The van der Waals surface area contributed by atoms with Gasteiger partial charge in [-0.1, -0.05) is 23.7 Å². The number of alkyl halides is 2. The Morgan fingerprint density at radius 3 is 2.67 bits per heavy atom. The Morgan fingerprint density at radius 2 is 2.03 bits per heavy atom. The van der Waals surface area contributed by atoms with Crippen LogP contribution in [0.4, 0.5) is 13.2 Å². The molecule has 1 saturated heterocycles. The molecule has 0 unspecified atom stereocenters. The van der Waals surface area contributed by atoms with E-state index in [1.54, 1.807) is 18.3 Å². The number of ether oxygens (including phenoxy) is 2. The molecule has 1 saturated carbocycles. The van der Waals surface area contributed by atoms with Gasteiger partial charge in [0, 0.05) is 17.7 Å². The summed E-state index contributed by atoms with van der Waals surface area (Å²) in [5.41, 5.74) is 4.54. The largest absolute Gasteiger partial charge is 0.462 e. The van der Waals surface area contributed by atoms with Crippen LogP contribution in [0.25, 0.3) is 0 Å². The van der Waals surface area contributed by atoms with Gasteiger partial charge in [-0.3, -0.25) is 4.98 Å². The Bertz CT molecular complexity index is 1010. The molecule has 0 bridgehead atoms. The second kappa shape index (κ2) is 6.85. The number of aliphatic imine (C=N–C) groups is 1. The fourth-order valence-electron chi connectivity index (χ4n) is 4.56. The summed E-state index contributed by atoms with van der Waals surface area (Å²) < 4.78 is 54.2. The van der Waals surface area contributed by atoms with Crippen LogP contribution >= 0.6 is 11.6 Å². The molecule has 1 aromatic carbocycles. The van der Waals surface area contributed by atoms with Crippen LogP contribution in [0, 0.1) is 11.7 Å². The van der Waals surface area contributed by atoms with Gasteiger partial charge in [-0.05, 0) is 36.6 Å². The zero-order valence-corrected chi connectivity index (χ0v) is 16.6. The average molecular weight is 438 g/mol. The molecule has 0 amide bonds. The number of amidine groups is 1. The number of nitrogens with two attached hydrogens (primary N) is 1. The molecule has 5 nitrogen and oxygen atoms in total. The minimum atomic E-state index is -2.92. The van der Waals surface area contributed by atoms with Crippen molar-refractivity contribution in [3.63, 3.8) is 0 Å². The quantitative estimate of drug-likeness (QED) is 0.776. The smallest absolute Gasteiger partial charge is 0.283 e. The number of pyridine rings is 1. The van der Waals surface area contributed by atoms with Crippen molar-refractivity contribution in [1.29, 1.82) is 0 Å². The molecular weight excluding hydrogens is 419 g/mol.